The zero-order chi connectivity index (χ0) is 15.0. The van der Waals surface area contributed by atoms with Gasteiger partial charge in [-0.05, 0) is 11.6 Å². The van der Waals surface area contributed by atoms with Crippen LogP contribution in [0.15, 0.2) is 29.3 Å². The Labute approximate surface area is 123 Å². The maximum absolute atomic E-state index is 11.3. The first-order valence-corrected chi connectivity index (χ1v) is 6.36. The van der Waals surface area contributed by atoms with Crippen LogP contribution in [0.3, 0.4) is 0 Å². The second-order valence-electron chi connectivity index (χ2n) is 4.37. The van der Waals surface area contributed by atoms with Crippen LogP contribution in [0.5, 0.6) is 17.4 Å². The summed E-state index contributed by atoms with van der Waals surface area (Å²) in [6.45, 7) is 0. The molecule has 0 spiro atoms. The Hall–Kier alpha value is -2.54. The highest BCUT2D eigenvalue weighted by Crippen LogP contribution is 2.34. The van der Waals surface area contributed by atoms with Crippen molar-refractivity contribution in [2.24, 2.45) is 0 Å². The molecule has 0 saturated heterocycles. The molecule has 1 unspecified atom stereocenters. The number of fused-ring (bicyclic) bond motifs is 1. The number of H-pyrrole nitrogens is 1. The zero-order valence-corrected chi connectivity index (χ0v) is 11.3. The highest BCUT2D eigenvalue weighted by Gasteiger charge is 2.29. The number of benzene rings is 1. The van der Waals surface area contributed by atoms with Crippen LogP contribution in [0.25, 0.3) is 0 Å². The number of aromatic amines is 1. The molecule has 1 atom stereocenters. The van der Waals surface area contributed by atoms with Crippen molar-refractivity contribution in [3.8, 4) is 17.4 Å². The minimum absolute atomic E-state index is 0.0341. The molecule has 0 fully saturated rings. The predicted octanol–water partition coefficient (Wildman–Crippen LogP) is 1.60. The third-order valence-corrected chi connectivity index (χ3v) is 3.30. The van der Waals surface area contributed by atoms with Crippen LogP contribution in [0.1, 0.15) is 5.56 Å². The van der Waals surface area contributed by atoms with Crippen molar-refractivity contribution in [2.45, 2.75) is 12.5 Å². The summed E-state index contributed by atoms with van der Waals surface area (Å²) in [7, 11) is 0. The number of halogens is 1. The molecule has 1 aromatic carbocycles. The molecule has 108 valence electrons. The van der Waals surface area contributed by atoms with E-state index >= 15 is 0 Å². The van der Waals surface area contributed by atoms with Crippen molar-refractivity contribution < 1.29 is 19.4 Å². The summed E-state index contributed by atoms with van der Waals surface area (Å²) < 4.78 is 10.7. The molecule has 2 aromatic rings. The van der Waals surface area contributed by atoms with Gasteiger partial charge < -0.3 is 19.6 Å². The molecule has 0 saturated carbocycles. The molecule has 2 N–H and O–H groups in total. The number of carbonyl (C=O) groups is 1. The number of ether oxygens (including phenoxy) is 2. The van der Waals surface area contributed by atoms with Crippen molar-refractivity contribution in [1.82, 2.24) is 9.97 Å². The third kappa shape index (κ3) is 2.55. The summed E-state index contributed by atoms with van der Waals surface area (Å²) in [6, 6.07) is 4.87. The lowest BCUT2D eigenvalue weighted by atomic mass is 10.1. The minimum atomic E-state index is -1.02. The van der Waals surface area contributed by atoms with Crippen molar-refractivity contribution in [1.29, 1.82) is 0 Å². The molecule has 0 radical (unpaired) electrons. The van der Waals surface area contributed by atoms with Crippen molar-refractivity contribution in [3.05, 3.63) is 45.5 Å². The van der Waals surface area contributed by atoms with Gasteiger partial charge in [0.25, 0.3) is 5.56 Å². The molecule has 1 aliphatic rings. The summed E-state index contributed by atoms with van der Waals surface area (Å²) in [5.74, 6) is -0.276. The largest absolute Gasteiger partial charge is 0.478 e. The van der Waals surface area contributed by atoms with Crippen LogP contribution >= 0.6 is 11.6 Å². The molecule has 21 heavy (non-hydrogen) atoms. The monoisotopic (exact) mass is 308 g/mol. The topological polar surface area (TPSA) is 102 Å². The van der Waals surface area contributed by atoms with Crippen LogP contribution in [-0.4, -0.2) is 27.1 Å². The van der Waals surface area contributed by atoms with Gasteiger partial charge in [-0.15, -0.1) is 0 Å². The number of hydrogen-bond donors (Lipinski definition) is 2. The van der Waals surface area contributed by atoms with Crippen LogP contribution in [0, 0.1) is 0 Å². The van der Waals surface area contributed by atoms with Crippen LogP contribution < -0.4 is 15.0 Å². The van der Waals surface area contributed by atoms with E-state index in [4.69, 9.17) is 26.2 Å². The molecule has 0 amide bonds. The predicted molar refractivity (Wildman–Crippen MR) is 72.1 cm³/mol. The molecule has 1 aliphatic heterocycles. The van der Waals surface area contributed by atoms with Crippen molar-refractivity contribution >= 4 is 17.6 Å². The number of carboxylic acid groups (broad SMARTS) is 1. The lowest BCUT2D eigenvalue weighted by molar-refractivity contribution is -0.144. The first-order chi connectivity index (χ1) is 10.0. The van der Waals surface area contributed by atoms with E-state index in [0.717, 1.165) is 5.56 Å². The van der Waals surface area contributed by atoms with Crippen LogP contribution in [-0.2, 0) is 11.2 Å². The maximum atomic E-state index is 11.3. The summed E-state index contributed by atoms with van der Waals surface area (Å²) >= 11 is 5.78. The maximum Gasteiger partial charge on any atom is 0.345 e. The Morgan fingerprint density at radius 3 is 3.10 bits per heavy atom. The Morgan fingerprint density at radius 1 is 1.52 bits per heavy atom. The van der Waals surface area contributed by atoms with Gasteiger partial charge in [0.15, 0.2) is 11.1 Å². The molecule has 7 nitrogen and oxygen atoms in total. The van der Waals surface area contributed by atoms with E-state index in [0.29, 0.717) is 17.9 Å². The fourth-order valence-electron chi connectivity index (χ4n) is 1.96. The molecule has 0 aliphatic carbocycles. The van der Waals surface area contributed by atoms with Gasteiger partial charge in [0.05, 0.1) is 6.33 Å². The second-order valence-corrected chi connectivity index (χ2v) is 4.75. The number of aromatic nitrogens is 2. The lowest BCUT2D eigenvalue weighted by Crippen LogP contribution is -2.24. The number of hydrogen-bond acceptors (Lipinski definition) is 5. The van der Waals surface area contributed by atoms with Gasteiger partial charge in [0.1, 0.15) is 11.5 Å². The Kier molecular flexibility index (Phi) is 3.26. The summed E-state index contributed by atoms with van der Waals surface area (Å²) in [5.41, 5.74) is 0.268. The van der Waals surface area contributed by atoms with Gasteiger partial charge in [-0.1, -0.05) is 17.7 Å². The summed E-state index contributed by atoms with van der Waals surface area (Å²) in [4.78, 5) is 28.4. The molecular formula is C13H9ClN2O5. The first kappa shape index (κ1) is 13.4. The molecule has 1 aromatic heterocycles. The van der Waals surface area contributed by atoms with Crippen molar-refractivity contribution in [2.75, 3.05) is 0 Å². The van der Waals surface area contributed by atoms with E-state index in [2.05, 4.69) is 9.97 Å². The van der Waals surface area contributed by atoms with E-state index in [1.807, 2.05) is 0 Å². The number of nitrogens with one attached hydrogen (secondary N) is 1. The van der Waals surface area contributed by atoms with E-state index in [9.17, 15) is 9.59 Å². The van der Waals surface area contributed by atoms with E-state index in [1.54, 1.807) is 12.1 Å². The van der Waals surface area contributed by atoms with E-state index < -0.39 is 17.6 Å². The molecule has 2 heterocycles. The third-order valence-electron chi connectivity index (χ3n) is 2.97. The molecule has 8 heteroatoms. The van der Waals surface area contributed by atoms with Gasteiger partial charge in [-0.25, -0.2) is 9.78 Å². The normalized spacial score (nSPS) is 16.1. The summed E-state index contributed by atoms with van der Waals surface area (Å²) in [5, 5.41) is 8.77. The minimum Gasteiger partial charge on any atom is -0.478 e. The number of rotatable bonds is 3. The van der Waals surface area contributed by atoms with Crippen molar-refractivity contribution in [3.63, 3.8) is 0 Å². The highest BCUT2D eigenvalue weighted by atomic mass is 35.5. The first-order valence-electron chi connectivity index (χ1n) is 5.98. The van der Waals surface area contributed by atoms with Gasteiger partial charge in [-0.2, -0.15) is 0 Å². The van der Waals surface area contributed by atoms with Gasteiger partial charge >= 0.3 is 5.97 Å². The SMILES string of the molecule is O=C(O)C1Cc2ccc(Oc3nc[nH]c(=O)c3Cl)cc2O1. The molecule has 0 bridgehead atoms. The molecular weight excluding hydrogens is 300 g/mol. The van der Waals surface area contributed by atoms with Crippen LogP contribution in [0.2, 0.25) is 5.02 Å². The van der Waals surface area contributed by atoms with E-state index in [1.165, 1.54) is 12.4 Å². The zero-order valence-electron chi connectivity index (χ0n) is 10.5. The number of aliphatic carboxylic acids is 1. The average molecular weight is 309 g/mol. The summed E-state index contributed by atoms with van der Waals surface area (Å²) in [6.07, 6.45) is 0.583. The molecule has 3 rings (SSSR count). The van der Waals surface area contributed by atoms with E-state index in [-0.39, 0.29) is 10.9 Å². The average Bonchev–Trinajstić information content (AvgIpc) is 2.87. The Bertz CT molecular complexity index is 773. The van der Waals surface area contributed by atoms with Gasteiger partial charge in [0.2, 0.25) is 5.88 Å². The Balaban J connectivity index is 1.86. The number of nitrogens with zero attached hydrogens (tertiary/aromatic N) is 1. The lowest BCUT2D eigenvalue weighted by Gasteiger charge is -2.07. The highest BCUT2D eigenvalue weighted by molar-refractivity contribution is 6.31. The Morgan fingerprint density at radius 2 is 2.33 bits per heavy atom. The number of carboxylic acids is 1. The fourth-order valence-corrected chi connectivity index (χ4v) is 2.10. The second kappa shape index (κ2) is 5.10. The standard InChI is InChI=1S/C13H9ClN2O5/c14-10-11(17)15-5-16-12(10)20-7-2-1-6-3-9(13(18)19)21-8(6)4-7/h1-2,4-5,9H,3H2,(H,18,19)(H,15,16,17). The van der Waals surface area contributed by atoms with Gasteiger partial charge in [0, 0.05) is 12.5 Å². The van der Waals surface area contributed by atoms with Crippen LogP contribution in [0.4, 0.5) is 0 Å². The smallest absolute Gasteiger partial charge is 0.345 e. The quantitative estimate of drug-likeness (QED) is 0.893. The fraction of sp³-hybridized carbons (Fsp3) is 0.154. The van der Waals surface area contributed by atoms with Gasteiger partial charge in [-0.3, -0.25) is 4.79 Å².